The number of rotatable bonds is 6. The molecule has 0 saturated heterocycles. The lowest BCUT2D eigenvalue weighted by molar-refractivity contribution is -0.120. The van der Waals surface area contributed by atoms with E-state index in [2.05, 4.69) is 10.6 Å². The molecule has 1 amide bonds. The van der Waals surface area contributed by atoms with Crippen LogP contribution in [0.4, 0.5) is 5.69 Å². The van der Waals surface area contributed by atoms with Gasteiger partial charge in [0.05, 0.1) is 12.6 Å². The van der Waals surface area contributed by atoms with Crippen molar-refractivity contribution in [2.75, 3.05) is 11.9 Å². The monoisotopic (exact) mass is 276 g/mol. The zero-order valence-electron chi connectivity index (χ0n) is 12.3. The average molecular weight is 276 g/mol. The molecule has 2 rings (SSSR count). The number of amides is 1. The lowest BCUT2D eigenvalue weighted by Gasteiger charge is -2.13. The summed E-state index contributed by atoms with van der Waals surface area (Å²) in [6.07, 6.45) is 4.87. The number of benzene rings is 1. The topological polar surface area (TPSA) is 50.4 Å². The molecule has 1 aliphatic carbocycles. The number of hydrogen-bond donors (Lipinski definition) is 2. The molecule has 0 heterocycles. The summed E-state index contributed by atoms with van der Waals surface area (Å²) < 4.78 is 5.58. The molecule has 1 saturated carbocycles. The van der Waals surface area contributed by atoms with Gasteiger partial charge >= 0.3 is 0 Å². The molecule has 4 heteroatoms. The fourth-order valence-corrected chi connectivity index (χ4v) is 2.45. The zero-order valence-corrected chi connectivity index (χ0v) is 12.3. The number of carbonyl (C=O) groups excluding carboxylic acids is 1. The Labute approximate surface area is 120 Å². The van der Waals surface area contributed by atoms with E-state index in [9.17, 15) is 4.79 Å². The van der Waals surface area contributed by atoms with Gasteiger partial charge in [0.25, 0.3) is 0 Å². The van der Waals surface area contributed by atoms with E-state index in [4.69, 9.17) is 4.74 Å². The van der Waals surface area contributed by atoms with Crippen LogP contribution >= 0.6 is 0 Å². The third-order valence-electron chi connectivity index (χ3n) is 3.40. The molecule has 0 unspecified atom stereocenters. The van der Waals surface area contributed by atoms with E-state index < -0.39 is 0 Å². The number of anilines is 1. The largest absolute Gasteiger partial charge is 0.491 e. The van der Waals surface area contributed by atoms with Crippen LogP contribution in [0.5, 0.6) is 5.75 Å². The molecule has 4 nitrogen and oxygen atoms in total. The third-order valence-corrected chi connectivity index (χ3v) is 3.40. The smallest absolute Gasteiger partial charge is 0.239 e. The van der Waals surface area contributed by atoms with Gasteiger partial charge in [-0.25, -0.2) is 0 Å². The second-order valence-electron chi connectivity index (χ2n) is 5.59. The van der Waals surface area contributed by atoms with Crippen LogP contribution < -0.4 is 15.4 Å². The Hall–Kier alpha value is -1.71. The van der Waals surface area contributed by atoms with Crippen LogP contribution in [-0.4, -0.2) is 24.6 Å². The lowest BCUT2D eigenvalue weighted by atomic mass is 10.2. The molecule has 1 aromatic carbocycles. The molecule has 20 heavy (non-hydrogen) atoms. The van der Waals surface area contributed by atoms with Gasteiger partial charge in [-0.1, -0.05) is 12.8 Å². The Kier molecular flexibility index (Phi) is 5.27. The van der Waals surface area contributed by atoms with Crippen molar-refractivity contribution in [2.45, 2.75) is 51.7 Å². The van der Waals surface area contributed by atoms with Crippen molar-refractivity contribution in [1.29, 1.82) is 0 Å². The number of nitrogens with one attached hydrogen (secondary N) is 2. The summed E-state index contributed by atoms with van der Waals surface area (Å²) in [5.41, 5.74) is 0.933. The summed E-state index contributed by atoms with van der Waals surface area (Å²) in [6, 6.07) is 8.07. The SMILES string of the molecule is CC(C)Oc1ccc(NCC(=O)NC2CCCC2)cc1. The quantitative estimate of drug-likeness (QED) is 0.840. The second-order valence-corrected chi connectivity index (χ2v) is 5.59. The van der Waals surface area contributed by atoms with Gasteiger partial charge in [0.15, 0.2) is 0 Å². The van der Waals surface area contributed by atoms with Gasteiger partial charge in [-0.3, -0.25) is 4.79 Å². The normalized spacial score (nSPS) is 15.3. The van der Waals surface area contributed by atoms with Crippen LogP contribution in [0.15, 0.2) is 24.3 Å². The van der Waals surface area contributed by atoms with Gasteiger partial charge in [-0.05, 0) is 51.0 Å². The van der Waals surface area contributed by atoms with Crippen molar-refractivity contribution in [3.05, 3.63) is 24.3 Å². The predicted octanol–water partition coefficient (Wildman–Crippen LogP) is 2.94. The van der Waals surface area contributed by atoms with Gasteiger partial charge in [-0.2, -0.15) is 0 Å². The van der Waals surface area contributed by atoms with Crippen LogP contribution in [0.3, 0.4) is 0 Å². The Bertz CT molecular complexity index is 423. The fraction of sp³-hybridized carbons (Fsp3) is 0.562. The molecular formula is C16H24N2O2. The van der Waals surface area contributed by atoms with Crippen molar-refractivity contribution in [1.82, 2.24) is 5.32 Å². The van der Waals surface area contributed by atoms with Crippen molar-refractivity contribution < 1.29 is 9.53 Å². The molecule has 0 aromatic heterocycles. The zero-order chi connectivity index (χ0) is 14.4. The highest BCUT2D eigenvalue weighted by Gasteiger charge is 2.16. The number of carbonyl (C=O) groups is 1. The molecule has 0 radical (unpaired) electrons. The van der Waals surface area contributed by atoms with Crippen LogP contribution in [0.2, 0.25) is 0 Å². The van der Waals surface area contributed by atoms with Gasteiger partial charge in [0.2, 0.25) is 5.91 Å². The molecule has 110 valence electrons. The first kappa shape index (κ1) is 14.7. The van der Waals surface area contributed by atoms with Crippen LogP contribution in [0.1, 0.15) is 39.5 Å². The highest BCUT2D eigenvalue weighted by atomic mass is 16.5. The Morgan fingerprint density at radius 3 is 2.50 bits per heavy atom. The van der Waals surface area contributed by atoms with E-state index in [0.29, 0.717) is 12.6 Å². The van der Waals surface area contributed by atoms with Crippen LogP contribution in [0.25, 0.3) is 0 Å². The van der Waals surface area contributed by atoms with E-state index in [-0.39, 0.29) is 12.0 Å². The lowest BCUT2D eigenvalue weighted by Crippen LogP contribution is -2.36. The van der Waals surface area contributed by atoms with Crippen LogP contribution in [-0.2, 0) is 4.79 Å². The minimum absolute atomic E-state index is 0.0689. The molecule has 2 N–H and O–H groups in total. The van der Waals surface area contributed by atoms with Crippen molar-refractivity contribution in [3.8, 4) is 5.75 Å². The van der Waals surface area contributed by atoms with Gasteiger partial charge < -0.3 is 15.4 Å². The minimum Gasteiger partial charge on any atom is -0.491 e. The molecule has 0 atom stereocenters. The Morgan fingerprint density at radius 2 is 1.90 bits per heavy atom. The van der Waals surface area contributed by atoms with Crippen molar-refractivity contribution in [2.24, 2.45) is 0 Å². The molecule has 0 spiro atoms. The summed E-state index contributed by atoms with van der Waals surface area (Å²) in [4.78, 5) is 11.8. The minimum atomic E-state index is 0.0689. The molecule has 0 aliphatic heterocycles. The maximum absolute atomic E-state index is 11.8. The standard InChI is InChI=1S/C16H24N2O2/c1-12(2)20-15-9-7-13(8-10-15)17-11-16(19)18-14-5-3-4-6-14/h7-10,12,14,17H,3-6,11H2,1-2H3,(H,18,19). The third kappa shape index (κ3) is 4.76. The number of hydrogen-bond acceptors (Lipinski definition) is 3. The first-order chi connectivity index (χ1) is 9.63. The summed E-state index contributed by atoms with van der Waals surface area (Å²) in [5, 5.41) is 6.19. The van der Waals surface area contributed by atoms with Crippen molar-refractivity contribution in [3.63, 3.8) is 0 Å². The molecule has 1 aromatic rings. The highest BCUT2D eigenvalue weighted by Crippen LogP contribution is 2.18. The van der Waals surface area contributed by atoms with Gasteiger partial charge in [0.1, 0.15) is 5.75 Å². The maximum atomic E-state index is 11.8. The molecule has 1 fully saturated rings. The molecular weight excluding hydrogens is 252 g/mol. The molecule has 0 bridgehead atoms. The fourth-order valence-electron chi connectivity index (χ4n) is 2.45. The summed E-state index contributed by atoms with van der Waals surface area (Å²) >= 11 is 0. The Morgan fingerprint density at radius 1 is 1.25 bits per heavy atom. The van der Waals surface area contributed by atoms with E-state index in [1.807, 2.05) is 38.1 Å². The van der Waals surface area contributed by atoms with Crippen LogP contribution in [0, 0.1) is 0 Å². The average Bonchev–Trinajstić information content (AvgIpc) is 2.90. The summed E-state index contributed by atoms with van der Waals surface area (Å²) in [7, 11) is 0. The Balaban J connectivity index is 1.74. The summed E-state index contributed by atoms with van der Waals surface area (Å²) in [6.45, 7) is 4.32. The first-order valence-electron chi connectivity index (χ1n) is 7.43. The first-order valence-corrected chi connectivity index (χ1v) is 7.43. The van der Waals surface area contributed by atoms with Gasteiger partial charge in [-0.15, -0.1) is 0 Å². The van der Waals surface area contributed by atoms with E-state index >= 15 is 0 Å². The predicted molar refractivity (Wildman–Crippen MR) is 81.1 cm³/mol. The second kappa shape index (κ2) is 7.17. The number of ether oxygens (including phenoxy) is 1. The van der Waals surface area contributed by atoms with Crippen molar-refractivity contribution >= 4 is 11.6 Å². The van der Waals surface area contributed by atoms with Gasteiger partial charge in [0, 0.05) is 11.7 Å². The maximum Gasteiger partial charge on any atom is 0.239 e. The van der Waals surface area contributed by atoms with E-state index in [1.54, 1.807) is 0 Å². The van der Waals surface area contributed by atoms with E-state index in [1.165, 1.54) is 12.8 Å². The summed E-state index contributed by atoms with van der Waals surface area (Å²) in [5.74, 6) is 0.917. The molecule has 1 aliphatic rings. The highest BCUT2D eigenvalue weighted by molar-refractivity contribution is 5.81. The van der Waals surface area contributed by atoms with E-state index in [0.717, 1.165) is 24.3 Å².